The zero-order chi connectivity index (χ0) is 12.3. The third-order valence-corrected chi connectivity index (χ3v) is 3.18. The Bertz CT molecular complexity index is 425. The average Bonchev–Trinajstić information content (AvgIpc) is 2.32. The fourth-order valence-corrected chi connectivity index (χ4v) is 2.29. The van der Waals surface area contributed by atoms with E-state index in [1.165, 1.54) is 6.33 Å². The molecule has 7 heteroatoms. The quantitative estimate of drug-likeness (QED) is 0.856. The number of anilines is 2. The van der Waals surface area contributed by atoms with Gasteiger partial charge in [0.15, 0.2) is 0 Å². The molecule has 0 atom stereocenters. The minimum Gasteiger partial charge on any atom is -0.369 e. The van der Waals surface area contributed by atoms with E-state index in [4.69, 9.17) is 0 Å². The first-order valence-corrected chi connectivity index (χ1v) is 6.27. The van der Waals surface area contributed by atoms with Gasteiger partial charge in [-0.3, -0.25) is 4.79 Å². The maximum atomic E-state index is 11.3. The summed E-state index contributed by atoms with van der Waals surface area (Å²) in [5.74, 6) is 1.53. The van der Waals surface area contributed by atoms with Crippen LogP contribution in [0.5, 0.6) is 0 Å². The number of hydrogen-bond acceptors (Lipinski definition) is 5. The predicted octanol–water partition coefficient (Wildman–Crippen LogP) is 0.607. The molecule has 1 saturated heterocycles. The summed E-state index contributed by atoms with van der Waals surface area (Å²) in [6.45, 7) is 4.53. The van der Waals surface area contributed by atoms with Crippen molar-refractivity contribution < 1.29 is 4.79 Å². The van der Waals surface area contributed by atoms with E-state index in [2.05, 4.69) is 36.5 Å². The van der Waals surface area contributed by atoms with Crippen LogP contribution in [0.25, 0.3) is 0 Å². The van der Waals surface area contributed by atoms with Crippen LogP contribution < -0.4 is 15.5 Å². The summed E-state index contributed by atoms with van der Waals surface area (Å²) in [6, 6.07) is 0. The third kappa shape index (κ3) is 2.66. The van der Waals surface area contributed by atoms with Gasteiger partial charge >= 0.3 is 0 Å². The highest BCUT2D eigenvalue weighted by molar-refractivity contribution is 9.10. The molecule has 17 heavy (non-hydrogen) atoms. The van der Waals surface area contributed by atoms with Crippen LogP contribution in [0, 0.1) is 0 Å². The number of amides is 1. The van der Waals surface area contributed by atoms with Crippen molar-refractivity contribution in [1.82, 2.24) is 15.3 Å². The van der Waals surface area contributed by atoms with Crippen molar-refractivity contribution in [3.8, 4) is 0 Å². The lowest BCUT2D eigenvalue weighted by molar-refractivity contribution is -0.120. The molecular weight excluding hydrogens is 286 g/mol. The largest absolute Gasteiger partial charge is 0.369 e. The van der Waals surface area contributed by atoms with E-state index in [0.29, 0.717) is 13.1 Å². The zero-order valence-electron chi connectivity index (χ0n) is 9.53. The van der Waals surface area contributed by atoms with Crippen LogP contribution in [0.4, 0.5) is 11.6 Å². The molecule has 0 aromatic carbocycles. The van der Waals surface area contributed by atoms with Gasteiger partial charge in [-0.05, 0) is 22.9 Å². The minimum absolute atomic E-state index is 0.0202. The number of carbonyl (C=O) groups is 1. The summed E-state index contributed by atoms with van der Waals surface area (Å²) in [5.41, 5.74) is 0. The maximum absolute atomic E-state index is 11.3. The molecule has 0 unspecified atom stereocenters. The van der Waals surface area contributed by atoms with Gasteiger partial charge in [-0.25, -0.2) is 9.97 Å². The van der Waals surface area contributed by atoms with Crippen LogP contribution in [0.15, 0.2) is 10.8 Å². The smallest absolute Gasteiger partial charge is 0.239 e. The van der Waals surface area contributed by atoms with Gasteiger partial charge in [0.05, 0.1) is 6.54 Å². The summed E-state index contributed by atoms with van der Waals surface area (Å²) in [4.78, 5) is 21.7. The van der Waals surface area contributed by atoms with Gasteiger partial charge in [0.25, 0.3) is 0 Å². The van der Waals surface area contributed by atoms with Gasteiger partial charge < -0.3 is 15.5 Å². The number of hydrogen-bond donors (Lipinski definition) is 2. The number of piperazine rings is 1. The second-order valence-corrected chi connectivity index (χ2v) is 4.45. The molecule has 2 N–H and O–H groups in total. The molecule has 1 aromatic heterocycles. The predicted molar refractivity (Wildman–Crippen MR) is 69.1 cm³/mol. The molecule has 92 valence electrons. The second kappa shape index (κ2) is 5.31. The van der Waals surface area contributed by atoms with Crippen LogP contribution in [0.1, 0.15) is 6.92 Å². The van der Waals surface area contributed by atoms with Crippen molar-refractivity contribution in [2.45, 2.75) is 6.92 Å². The highest BCUT2D eigenvalue weighted by Gasteiger charge is 2.21. The lowest BCUT2D eigenvalue weighted by Gasteiger charge is -2.28. The number of nitrogens with zero attached hydrogens (tertiary/aromatic N) is 3. The van der Waals surface area contributed by atoms with Gasteiger partial charge in [0.2, 0.25) is 5.91 Å². The molecule has 1 aliphatic heterocycles. The molecule has 1 fully saturated rings. The van der Waals surface area contributed by atoms with E-state index in [9.17, 15) is 4.79 Å². The van der Waals surface area contributed by atoms with Gasteiger partial charge in [0.1, 0.15) is 22.4 Å². The summed E-state index contributed by atoms with van der Waals surface area (Å²) in [5, 5.41) is 5.93. The Morgan fingerprint density at radius 2 is 2.41 bits per heavy atom. The standard InChI is InChI=1S/C10H14BrN5O/c1-2-12-9-8(11)10(15-6-14-9)16-4-3-13-7(17)5-16/h6H,2-5H2,1H3,(H,13,17)(H,12,14,15). The van der Waals surface area contributed by atoms with Crippen LogP contribution in [0.2, 0.25) is 0 Å². The molecule has 6 nitrogen and oxygen atoms in total. The normalized spacial score (nSPS) is 15.6. The fourth-order valence-electron chi connectivity index (χ4n) is 1.69. The molecule has 2 rings (SSSR count). The number of rotatable bonds is 3. The van der Waals surface area contributed by atoms with E-state index < -0.39 is 0 Å². The Kier molecular flexibility index (Phi) is 3.78. The Morgan fingerprint density at radius 3 is 3.12 bits per heavy atom. The van der Waals surface area contributed by atoms with Gasteiger partial charge in [-0.15, -0.1) is 0 Å². The Balaban J connectivity index is 2.25. The van der Waals surface area contributed by atoms with Crippen molar-refractivity contribution in [1.29, 1.82) is 0 Å². The van der Waals surface area contributed by atoms with Crippen molar-refractivity contribution in [2.24, 2.45) is 0 Å². The SMILES string of the molecule is CCNc1ncnc(N2CCNC(=O)C2)c1Br. The number of halogens is 1. The van der Waals surface area contributed by atoms with Gasteiger partial charge in [-0.1, -0.05) is 0 Å². The average molecular weight is 300 g/mol. The van der Waals surface area contributed by atoms with Gasteiger partial charge in [-0.2, -0.15) is 0 Å². The van der Waals surface area contributed by atoms with E-state index in [1.807, 2.05) is 11.8 Å². The van der Waals surface area contributed by atoms with E-state index in [1.54, 1.807) is 0 Å². The van der Waals surface area contributed by atoms with Crippen molar-refractivity contribution >= 4 is 33.5 Å². The lowest BCUT2D eigenvalue weighted by atomic mass is 10.3. The molecule has 1 aromatic rings. The number of aromatic nitrogens is 2. The number of nitrogens with one attached hydrogen (secondary N) is 2. The topological polar surface area (TPSA) is 70.2 Å². The molecule has 1 amide bonds. The Morgan fingerprint density at radius 1 is 1.59 bits per heavy atom. The molecule has 0 aliphatic carbocycles. The summed E-state index contributed by atoms with van der Waals surface area (Å²) in [7, 11) is 0. The first-order valence-electron chi connectivity index (χ1n) is 5.48. The molecular formula is C10H14BrN5O. The molecule has 1 aliphatic rings. The van der Waals surface area contributed by atoms with Crippen LogP contribution >= 0.6 is 15.9 Å². The first kappa shape index (κ1) is 12.1. The highest BCUT2D eigenvalue weighted by Crippen LogP contribution is 2.29. The Labute approximate surface area is 108 Å². The summed E-state index contributed by atoms with van der Waals surface area (Å²) >= 11 is 3.48. The van der Waals surface area contributed by atoms with Crippen LogP contribution in [-0.4, -0.2) is 42.1 Å². The molecule has 0 radical (unpaired) electrons. The zero-order valence-corrected chi connectivity index (χ0v) is 11.1. The lowest BCUT2D eigenvalue weighted by Crippen LogP contribution is -2.48. The summed E-state index contributed by atoms with van der Waals surface area (Å²) in [6.07, 6.45) is 1.50. The Hall–Kier alpha value is -1.37. The monoisotopic (exact) mass is 299 g/mol. The number of carbonyl (C=O) groups excluding carboxylic acids is 1. The molecule has 0 bridgehead atoms. The molecule has 0 saturated carbocycles. The minimum atomic E-state index is 0.0202. The van der Waals surface area contributed by atoms with Crippen LogP contribution in [-0.2, 0) is 4.79 Å². The molecule has 2 heterocycles. The highest BCUT2D eigenvalue weighted by atomic mass is 79.9. The summed E-state index contributed by atoms with van der Waals surface area (Å²) < 4.78 is 0.802. The van der Waals surface area contributed by atoms with E-state index >= 15 is 0 Å². The third-order valence-electron chi connectivity index (χ3n) is 2.45. The fraction of sp³-hybridized carbons (Fsp3) is 0.500. The van der Waals surface area contributed by atoms with Gasteiger partial charge in [0, 0.05) is 19.6 Å². The van der Waals surface area contributed by atoms with Crippen LogP contribution in [0.3, 0.4) is 0 Å². The van der Waals surface area contributed by atoms with E-state index in [0.717, 1.165) is 29.2 Å². The van der Waals surface area contributed by atoms with Crippen molar-refractivity contribution in [2.75, 3.05) is 36.4 Å². The molecule has 0 spiro atoms. The second-order valence-electron chi connectivity index (χ2n) is 3.66. The van der Waals surface area contributed by atoms with Crippen molar-refractivity contribution in [3.05, 3.63) is 10.8 Å². The van der Waals surface area contributed by atoms with E-state index in [-0.39, 0.29) is 5.91 Å². The first-order chi connectivity index (χ1) is 8.22. The maximum Gasteiger partial charge on any atom is 0.239 e. The van der Waals surface area contributed by atoms with Crippen molar-refractivity contribution in [3.63, 3.8) is 0 Å².